The maximum absolute atomic E-state index is 11.9. The highest BCUT2D eigenvalue weighted by atomic mass is 16.4. The number of amides is 1. The number of carboxylic acids is 1. The summed E-state index contributed by atoms with van der Waals surface area (Å²) in [6, 6.07) is 8.19. The van der Waals surface area contributed by atoms with Crippen molar-refractivity contribution < 1.29 is 14.7 Å². The molecule has 5 nitrogen and oxygen atoms in total. The highest BCUT2D eigenvalue weighted by Crippen LogP contribution is 2.08. The summed E-state index contributed by atoms with van der Waals surface area (Å²) in [5, 5.41) is 11.7. The fourth-order valence-electron chi connectivity index (χ4n) is 1.53. The third kappa shape index (κ3) is 4.37. The Morgan fingerprint density at radius 2 is 1.95 bits per heavy atom. The summed E-state index contributed by atoms with van der Waals surface area (Å²) >= 11 is 0. The summed E-state index contributed by atoms with van der Waals surface area (Å²) in [4.78, 5) is 23.1. The van der Waals surface area contributed by atoms with Crippen LogP contribution in [0.15, 0.2) is 30.3 Å². The molecule has 1 unspecified atom stereocenters. The molecule has 0 spiro atoms. The van der Waals surface area contributed by atoms with Crippen molar-refractivity contribution >= 4 is 11.9 Å². The Hall–Kier alpha value is -1.88. The molecule has 0 aliphatic heterocycles. The second-order valence-electron chi connectivity index (χ2n) is 4.83. The number of hydrogen-bond acceptors (Lipinski definition) is 3. The first kappa shape index (κ1) is 15.2. The number of nitrogens with one attached hydrogen (secondary N) is 1. The monoisotopic (exact) mass is 264 g/mol. The van der Waals surface area contributed by atoms with Crippen LogP contribution >= 0.6 is 0 Å². The lowest BCUT2D eigenvalue weighted by atomic mass is 9.98. The molecule has 0 aromatic heterocycles. The van der Waals surface area contributed by atoms with Crippen LogP contribution in [0.2, 0.25) is 0 Å². The third-order valence-electron chi connectivity index (χ3n) is 3.14. The molecule has 0 aliphatic carbocycles. The van der Waals surface area contributed by atoms with Crippen LogP contribution in [0.4, 0.5) is 0 Å². The predicted molar refractivity (Wildman–Crippen MR) is 72.6 cm³/mol. The number of carbonyl (C=O) groups excluding carboxylic acids is 1. The molecule has 0 heterocycles. The van der Waals surface area contributed by atoms with Crippen molar-refractivity contribution in [2.45, 2.75) is 38.3 Å². The second kappa shape index (κ2) is 6.33. The molecule has 0 aliphatic rings. The van der Waals surface area contributed by atoms with Crippen molar-refractivity contribution in [1.29, 1.82) is 0 Å². The van der Waals surface area contributed by atoms with Crippen LogP contribution < -0.4 is 11.1 Å². The Labute approximate surface area is 112 Å². The summed E-state index contributed by atoms with van der Waals surface area (Å²) in [5.74, 6) is -1.51. The van der Waals surface area contributed by atoms with Crippen molar-refractivity contribution in [3.8, 4) is 0 Å². The van der Waals surface area contributed by atoms with E-state index in [1.165, 1.54) is 0 Å². The largest absolute Gasteiger partial charge is 0.480 e. The smallest absolute Gasteiger partial charge is 0.326 e. The van der Waals surface area contributed by atoms with Crippen LogP contribution in [0.5, 0.6) is 0 Å². The summed E-state index contributed by atoms with van der Waals surface area (Å²) in [6.45, 7) is 3.37. The molecule has 0 radical (unpaired) electrons. The lowest BCUT2D eigenvalue weighted by molar-refractivity contribution is -0.142. The number of carbonyl (C=O) groups is 2. The minimum atomic E-state index is -1.07. The van der Waals surface area contributed by atoms with Gasteiger partial charge in [-0.15, -0.1) is 0 Å². The van der Waals surface area contributed by atoms with E-state index in [4.69, 9.17) is 10.8 Å². The van der Waals surface area contributed by atoms with Gasteiger partial charge in [0.1, 0.15) is 6.04 Å². The van der Waals surface area contributed by atoms with Gasteiger partial charge in [-0.25, -0.2) is 4.79 Å². The Morgan fingerprint density at radius 1 is 1.37 bits per heavy atom. The standard InChI is InChI=1S/C14H20N2O3/c1-3-14(2,15)13(19)16-11(12(17)18)9-10-7-5-4-6-8-10/h4-8,11H,3,9,15H2,1-2H3,(H,16,19)(H,17,18)/t11-,14?/m0/s1. The fourth-order valence-corrected chi connectivity index (χ4v) is 1.53. The van der Waals surface area contributed by atoms with Gasteiger partial charge in [0.25, 0.3) is 0 Å². The Morgan fingerprint density at radius 3 is 2.42 bits per heavy atom. The third-order valence-corrected chi connectivity index (χ3v) is 3.14. The van der Waals surface area contributed by atoms with E-state index in [1.807, 2.05) is 30.3 Å². The molecule has 19 heavy (non-hydrogen) atoms. The van der Waals surface area contributed by atoms with Gasteiger partial charge in [-0.1, -0.05) is 37.3 Å². The number of hydrogen-bond donors (Lipinski definition) is 3. The van der Waals surface area contributed by atoms with E-state index in [-0.39, 0.29) is 6.42 Å². The van der Waals surface area contributed by atoms with Gasteiger partial charge in [-0.05, 0) is 18.9 Å². The van der Waals surface area contributed by atoms with Crippen LogP contribution in [0.25, 0.3) is 0 Å². The van der Waals surface area contributed by atoms with Crippen molar-refractivity contribution in [3.63, 3.8) is 0 Å². The molecule has 1 rings (SSSR count). The minimum Gasteiger partial charge on any atom is -0.480 e. The number of benzene rings is 1. The van der Waals surface area contributed by atoms with Crippen LogP contribution in [0, 0.1) is 0 Å². The Bertz CT molecular complexity index is 443. The molecule has 4 N–H and O–H groups in total. The van der Waals surface area contributed by atoms with E-state index in [2.05, 4.69) is 5.32 Å². The molecule has 0 fully saturated rings. The quantitative estimate of drug-likeness (QED) is 0.712. The lowest BCUT2D eigenvalue weighted by Crippen LogP contribution is -2.55. The maximum atomic E-state index is 11.9. The topological polar surface area (TPSA) is 92.4 Å². The number of nitrogens with two attached hydrogens (primary N) is 1. The summed E-state index contributed by atoms with van der Waals surface area (Å²) in [7, 11) is 0. The van der Waals surface area contributed by atoms with Gasteiger partial charge in [0.15, 0.2) is 0 Å². The van der Waals surface area contributed by atoms with Crippen molar-refractivity contribution in [2.75, 3.05) is 0 Å². The van der Waals surface area contributed by atoms with E-state index in [0.717, 1.165) is 5.56 Å². The summed E-state index contributed by atoms with van der Waals surface area (Å²) in [6.07, 6.45) is 0.679. The SMILES string of the molecule is CCC(C)(N)C(=O)N[C@@H](Cc1ccccc1)C(=O)O. The first-order valence-corrected chi connectivity index (χ1v) is 6.23. The average Bonchev–Trinajstić information content (AvgIpc) is 2.38. The highest BCUT2D eigenvalue weighted by Gasteiger charge is 2.30. The van der Waals surface area contributed by atoms with Gasteiger partial charge in [-0.2, -0.15) is 0 Å². The molecule has 1 amide bonds. The average molecular weight is 264 g/mol. The van der Waals surface area contributed by atoms with Gasteiger partial charge < -0.3 is 16.2 Å². The molecular weight excluding hydrogens is 244 g/mol. The van der Waals surface area contributed by atoms with Gasteiger partial charge >= 0.3 is 5.97 Å². The van der Waals surface area contributed by atoms with Crippen molar-refractivity contribution in [1.82, 2.24) is 5.32 Å². The lowest BCUT2D eigenvalue weighted by Gasteiger charge is -2.24. The maximum Gasteiger partial charge on any atom is 0.326 e. The van der Waals surface area contributed by atoms with E-state index in [1.54, 1.807) is 13.8 Å². The second-order valence-corrected chi connectivity index (χ2v) is 4.83. The van der Waals surface area contributed by atoms with E-state index in [9.17, 15) is 9.59 Å². The van der Waals surface area contributed by atoms with Gasteiger partial charge in [0, 0.05) is 6.42 Å². The van der Waals surface area contributed by atoms with Crippen molar-refractivity contribution in [2.24, 2.45) is 5.73 Å². The minimum absolute atomic E-state index is 0.238. The summed E-state index contributed by atoms with van der Waals surface area (Å²) in [5.41, 5.74) is 5.60. The molecule has 0 saturated heterocycles. The molecule has 0 saturated carbocycles. The number of aliphatic carboxylic acids is 1. The van der Waals surface area contributed by atoms with E-state index in [0.29, 0.717) is 6.42 Å². The van der Waals surface area contributed by atoms with E-state index < -0.39 is 23.5 Å². The zero-order valence-electron chi connectivity index (χ0n) is 11.2. The molecular formula is C14H20N2O3. The van der Waals surface area contributed by atoms with Gasteiger partial charge in [-0.3, -0.25) is 4.79 Å². The first-order valence-electron chi connectivity index (χ1n) is 6.23. The first-order chi connectivity index (χ1) is 8.86. The van der Waals surface area contributed by atoms with Crippen molar-refractivity contribution in [3.05, 3.63) is 35.9 Å². The zero-order valence-corrected chi connectivity index (χ0v) is 11.2. The molecule has 1 aromatic rings. The molecule has 1 aromatic carbocycles. The Balaban J connectivity index is 2.75. The predicted octanol–water partition coefficient (Wildman–Crippen LogP) is 0.926. The molecule has 5 heteroatoms. The van der Waals surface area contributed by atoms with Crippen LogP contribution in [0.3, 0.4) is 0 Å². The van der Waals surface area contributed by atoms with Gasteiger partial charge in [0.2, 0.25) is 5.91 Å². The number of rotatable bonds is 6. The molecule has 2 atom stereocenters. The zero-order chi connectivity index (χ0) is 14.5. The number of carboxylic acid groups (broad SMARTS) is 1. The van der Waals surface area contributed by atoms with Gasteiger partial charge in [0.05, 0.1) is 5.54 Å². The fraction of sp³-hybridized carbons (Fsp3) is 0.429. The van der Waals surface area contributed by atoms with E-state index >= 15 is 0 Å². The van der Waals surface area contributed by atoms with Crippen LogP contribution in [-0.2, 0) is 16.0 Å². The van der Waals surface area contributed by atoms with Crippen LogP contribution in [0.1, 0.15) is 25.8 Å². The van der Waals surface area contributed by atoms with Crippen LogP contribution in [-0.4, -0.2) is 28.6 Å². The normalized spacial score (nSPS) is 15.3. The summed E-state index contributed by atoms with van der Waals surface area (Å²) < 4.78 is 0. The highest BCUT2D eigenvalue weighted by molar-refractivity contribution is 5.89. The molecule has 0 bridgehead atoms. The Kier molecular flexibility index (Phi) is 5.06. The molecule has 104 valence electrons.